The highest BCUT2D eigenvalue weighted by Gasteiger charge is 2.72. The summed E-state index contributed by atoms with van der Waals surface area (Å²) in [5.74, 6) is -1.29. The molecule has 0 aliphatic rings. The SMILES string of the molecule is CCCCOC(=O)CCC(F)(C(F)(F)F)C(F)(F)F. The molecule has 0 spiro atoms. The van der Waals surface area contributed by atoms with Gasteiger partial charge in [-0.3, -0.25) is 4.79 Å². The van der Waals surface area contributed by atoms with E-state index in [-0.39, 0.29) is 6.61 Å². The van der Waals surface area contributed by atoms with Gasteiger partial charge >= 0.3 is 18.3 Å². The first-order valence-electron chi connectivity index (χ1n) is 5.43. The first-order valence-corrected chi connectivity index (χ1v) is 5.43. The minimum atomic E-state index is -6.13. The van der Waals surface area contributed by atoms with Crippen LogP contribution in [-0.4, -0.2) is 30.6 Å². The van der Waals surface area contributed by atoms with Crippen molar-refractivity contribution in [1.29, 1.82) is 0 Å². The Labute approximate surface area is 104 Å². The number of rotatable bonds is 6. The van der Waals surface area contributed by atoms with Crippen molar-refractivity contribution in [2.45, 2.75) is 50.6 Å². The Morgan fingerprint density at radius 2 is 1.47 bits per heavy atom. The average Bonchev–Trinajstić information content (AvgIpc) is 2.23. The third-order valence-electron chi connectivity index (χ3n) is 2.33. The topological polar surface area (TPSA) is 26.3 Å². The summed E-state index contributed by atoms with van der Waals surface area (Å²) in [4.78, 5) is 10.9. The van der Waals surface area contributed by atoms with E-state index in [0.717, 1.165) is 0 Å². The van der Waals surface area contributed by atoms with E-state index in [1.807, 2.05) is 0 Å². The summed E-state index contributed by atoms with van der Waals surface area (Å²) in [6.07, 6.45) is -14.5. The maximum Gasteiger partial charge on any atom is 0.431 e. The summed E-state index contributed by atoms with van der Waals surface area (Å²) in [6, 6.07) is 0. The first kappa shape index (κ1) is 18.0. The van der Waals surface area contributed by atoms with Crippen molar-refractivity contribution in [3.05, 3.63) is 0 Å². The van der Waals surface area contributed by atoms with Gasteiger partial charge in [-0.25, -0.2) is 4.39 Å². The molecule has 0 aliphatic heterocycles. The van der Waals surface area contributed by atoms with E-state index >= 15 is 0 Å². The molecule has 0 saturated carbocycles. The Kier molecular flexibility index (Phi) is 6.08. The van der Waals surface area contributed by atoms with Crippen molar-refractivity contribution < 1.29 is 40.3 Å². The molecule has 0 amide bonds. The van der Waals surface area contributed by atoms with Crippen LogP contribution in [0.3, 0.4) is 0 Å². The summed E-state index contributed by atoms with van der Waals surface area (Å²) in [5, 5.41) is 0. The maximum atomic E-state index is 13.1. The molecule has 2 nitrogen and oxygen atoms in total. The predicted molar refractivity (Wildman–Crippen MR) is 51.1 cm³/mol. The van der Waals surface area contributed by atoms with Crippen LogP contribution < -0.4 is 0 Å². The summed E-state index contributed by atoms with van der Waals surface area (Å²) < 4.78 is 90.1. The molecule has 114 valence electrons. The van der Waals surface area contributed by atoms with Gasteiger partial charge in [0.1, 0.15) is 0 Å². The average molecular weight is 298 g/mol. The molecule has 0 unspecified atom stereocenters. The fourth-order valence-electron chi connectivity index (χ4n) is 1.12. The van der Waals surface area contributed by atoms with Crippen LogP contribution >= 0.6 is 0 Å². The van der Waals surface area contributed by atoms with E-state index in [9.17, 15) is 35.5 Å². The number of esters is 1. The van der Waals surface area contributed by atoms with Crippen LogP contribution in [0.1, 0.15) is 32.6 Å². The normalized spacial score (nSPS) is 13.5. The highest BCUT2D eigenvalue weighted by Crippen LogP contribution is 2.48. The van der Waals surface area contributed by atoms with Crippen molar-refractivity contribution in [3.63, 3.8) is 0 Å². The van der Waals surface area contributed by atoms with E-state index < -0.39 is 36.8 Å². The number of hydrogen-bond donors (Lipinski definition) is 0. The van der Waals surface area contributed by atoms with Crippen LogP contribution in [0.2, 0.25) is 0 Å². The molecular formula is C10H13F7O2. The molecule has 0 aromatic rings. The standard InChI is InChI=1S/C10H13F7O2/c1-2-3-6-19-7(18)4-5-8(11,9(12,13)14)10(15,16)17/h2-6H2,1H3. The number of hydrogen-bond acceptors (Lipinski definition) is 2. The van der Waals surface area contributed by atoms with Crippen molar-refractivity contribution in [2.75, 3.05) is 6.61 Å². The van der Waals surface area contributed by atoms with Crippen LogP contribution in [0.5, 0.6) is 0 Å². The van der Waals surface area contributed by atoms with Crippen LogP contribution in [-0.2, 0) is 9.53 Å². The van der Waals surface area contributed by atoms with Gasteiger partial charge in [-0.2, -0.15) is 26.3 Å². The van der Waals surface area contributed by atoms with Crippen molar-refractivity contribution in [1.82, 2.24) is 0 Å². The maximum absolute atomic E-state index is 13.1. The summed E-state index contributed by atoms with van der Waals surface area (Å²) in [6.45, 7) is 1.63. The van der Waals surface area contributed by atoms with Gasteiger partial charge in [0.05, 0.1) is 6.61 Å². The quantitative estimate of drug-likeness (QED) is 0.422. The van der Waals surface area contributed by atoms with Crippen molar-refractivity contribution in [2.24, 2.45) is 0 Å². The molecule has 0 fully saturated rings. The number of ether oxygens (including phenoxy) is 1. The third-order valence-corrected chi connectivity index (χ3v) is 2.33. The number of halogens is 7. The Balaban J connectivity index is 4.59. The molecule has 0 aliphatic carbocycles. The molecule has 0 rings (SSSR count). The van der Waals surface area contributed by atoms with Gasteiger partial charge in [0, 0.05) is 12.8 Å². The van der Waals surface area contributed by atoms with Crippen molar-refractivity contribution >= 4 is 5.97 Å². The van der Waals surface area contributed by atoms with E-state index in [0.29, 0.717) is 12.8 Å². The zero-order chi connectivity index (χ0) is 15.3. The Bertz CT molecular complexity index is 281. The largest absolute Gasteiger partial charge is 0.466 e. The Morgan fingerprint density at radius 1 is 1.00 bits per heavy atom. The fourth-order valence-corrected chi connectivity index (χ4v) is 1.12. The second-order valence-corrected chi connectivity index (χ2v) is 3.87. The number of carbonyl (C=O) groups excluding carboxylic acids is 1. The van der Waals surface area contributed by atoms with Crippen LogP contribution in [0.25, 0.3) is 0 Å². The third kappa shape index (κ3) is 4.87. The van der Waals surface area contributed by atoms with Gasteiger partial charge in [0.2, 0.25) is 0 Å². The zero-order valence-corrected chi connectivity index (χ0v) is 10.00. The summed E-state index contributed by atoms with van der Waals surface area (Å²) >= 11 is 0. The molecule has 0 aromatic heterocycles. The predicted octanol–water partition coefficient (Wildman–Crippen LogP) is 3.94. The molecule has 0 bridgehead atoms. The van der Waals surface area contributed by atoms with Gasteiger partial charge in [-0.05, 0) is 6.42 Å². The van der Waals surface area contributed by atoms with Crippen LogP contribution in [0, 0.1) is 0 Å². The van der Waals surface area contributed by atoms with E-state index in [2.05, 4.69) is 4.74 Å². The number of unbranched alkanes of at least 4 members (excludes halogenated alkanes) is 1. The molecule has 0 atom stereocenters. The monoisotopic (exact) mass is 298 g/mol. The minimum Gasteiger partial charge on any atom is -0.466 e. The zero-order valence-electron chi connectivity index (χ0n) is 10.00. The lowest BCUT2D eigenvalue weighted by molar-refractivity contribution is -0.343. The molecule has 0 saturated heterocycles. The molecule has 0 N–H and O–H groups in total. The molecule has 0 heterocycles. The number of carbonyl (C=O) groups is 1. The number of alkyl halides is 7. The van der Waals surface area contributed by atoms with Gasteiger partial charge in [0.15, 0.2) is 0 Å². The molecule has 0 radical (unpaired) electrons. The second-order valence-electron chi connectivity index (χ2n) is 3.87. The van der Waals surface area contributed by atoms with Crippen molar-refractivity contribution in [3.8, 4) is 0 Å². The summed E-state index contributed by atoms with van der Waals surface area (Å²) in [7, 11) is 0. The molecular weight excluding hydrogens is 285 g/mol. The van der Waals surface area contributed by atoms with Gasteiger partial charge in [-0.15, -0.1) is 0 Å². The highest BCUT2D eigenvalue weighted by molar-refractivity contribution is 5.69. The molecule has 19 heavy (non-hydrogen) atoms. The van der Waals surface area contributed by atoms with E-state index in [1.54, 1.807) is 6.92 Å². The lowest BCUT2D eigenvalue weighted by atomic mass is 9.98. The molecule has 0 aromatic carbocycles. The second kappa shape index (κ2) is 6.42. The lowest BCUT2D eigenvalue weighted by Gasteiger charge is -2.29. The first-order chi connectivity index (χ1) is 8.45. The highest BCUT2D eigenvalue weighted by atomic mass is 19.4. The van der Waals surface area contributed by atoms with Gasteiger partial charge < -0.3 is 4.74 Å². The fraction of sp³-hybridized carbons (Fsp3) is 0.900. The summed E-state index contributed by atoms with van der Waals surface area (Å²) in [5.41, 5.74) is -5.40. The lowest BCUT2D eigenvalue weighted by Crippen LogP contribution is -2.53. The van der Waals surface area contributed by atoms with E-state index in [4.69, 9.17) is 0 Å². The van der Waals surface area contributed by atoms with E-state index in [1.165, 1.54) is 0 Å². The Hall–Kier alpha value is -1.02. The van der Waals surface area contributed by atoms with Crippen LogP contribution in [0.4, 0.5) is 30.7 Å². The molecule has 9 heteroatoms. The Morgan fingerprint density at radius 3 is 1.84 bits per heavy atom. The van der Waals surface area contributed by atoms with Crippen LogP contribution in [0.15, 0.2) is 0 Å². The minimum absolute atomic E-state index is 0.118. The van der Waals surface area contributed by atoms with Gasteiger partial charge in [0.25, 0.3) is 5.67 Å². The van der Waals surface area contributed by atoms with Gasteiger partial charge in [-0.1, -0.05) is 13.3 Å². The smallest absolute Gasteiger partial charge is 0.431 e.